The van der Waals surface area contributed by atoms with E-state index < -0.39 is 10.0 Å². The molecule has 0 saturated heterocycles. The van der Waals surface area contributed by atoms with Crippen molar-refractivity contribution in [2.75, 3.05) is 12.3 Å². The molecular formula is C12H20N2O2S. The molecule has 1 aromatic carbocycles. The number of primary sulfonamides is 1. The van der Waals surface area contributed by atoms with Crippen LogP contribution < -0.4 is 10.5 Å². The lowest BCUT2D eigenvalue weighted by Crippen LogP contribution is -2.29. The van der Waals surface area contributed by atoms with E-state index in [1.807, 2.05) is 6.92 Å². The summed E-state index contributed by atoms with van der Waals surface area (Å²) in [6.07, 6.45) is 0.910. The predicted molar refractivity (Wildman–Crippen MR) is 70.2 cm³/mol. The number of rotatable bonds is 6. The van der Waals surface area contributed by atoms with E-state index in [9.17, 15) is 8.42 Å². The Morgan fingerprint density at radius 1 is 1.29 bits per heavy atom. The second-order valence-corrected chi connectivity index (χ2v) is 5.93. The Morgan fingerprint density at radius 3 is 2.35 bits per heavy atom. The summed E-state index contributed by atoms with van der Waals surface area (Å²) >= 11 is 0. The Balaban J connectivity index is 2.57. The first-order valence-corrected chi connectivity index (χ1v) is 7.44. The highest BCUT2D eigenvalue weighted by Gasteiger charge is 2.09. The predicted octanol–water partition coefficient (Wildman–Crippen LogP) is 1.32. The minimum Gasteiger partial charge on any atom is -0.309 e. The van der Waals surface area contributed by atoms with Crippen molar-refractivity contribution < 1.29 is 8.42 Å². The fourth-order valence-electron chi connectivity index (χ4n) is 1.67. The molecule has 1 aromatic rings. The van der Waals surface area contributed by atoms with Gasteiger partial charge in [-0.1, -0.05) is 36.8 Å². The van der Waals surface area contributed by atoms with E-state index in [1.165, 1.54) is 11.1 Å². The van der Waals surface area contributed by atoms with Crippen molar-refractivity contribution in [3.63, 3.8) is 0 Å². The Morgan fingerprint density at radius 2 is 1.88 bits per heavy atom. The number of nitrogens with two attached hydrogens (primary N) is 1. The molecule has 96 valence electrons. The largest absolute Gasteiger partial charge is 0.309 e. The van der Waals surface area contributed by atoms with Gasteiger partial charge in [0.25, 0.3) is 0 Å². The van der Waals surface area contributed by atoms with Crippen LogP contribution in [-0.2, 0) is 10.0 Å². The number of hydrogen-bond donors (Lipinski definition) is 2. The van der Waals surface area contributed by atoms with Crippen molar-refractivity contribution >= 4 is 10.0 Å². The highest BCUT2D eigenvalue weighted by molar-refractivity contribution is 7.89. The first-order chi connectivity index (χ1) is 7.92. The average Bonchev–Trinajstić information content (AvgIpc) is 2.24. The average molecular weight is 256 g/mol. The lowest BCUT2D eigenvalue weighted by atomic mass is 10.0. The summed E-state index contributed by atoms with van der Waals surface area (Å²) in [5, 5.41) is 8.16. The van der Waals surface area contributed by atoms with Gasteiger partial charge in [-0.3, -0.25) is 0 Å². The molecule has 3 N–H and O–H groups in total. The summed E-state index contributed by atoms with van der Waals surface area (Å²) in [5.74, 6) is -0.0324. The molecule has 0 fully saturated rings. The van der Waals surface area contributed by atoms with Crippen LogP contribution >= 0.6 is 0 Å². The van der Waals surface area contributed by atoms with Gasteiger partial charge < -0.3 is 5.32 Å². The molecule has 1 atom stereocenters. The third-order valence-corrected chi connectivity index (χ3v) is 3.44. The van der Waals surface area contributed by atoms with Gasteiger partial charge in [-0.25, -0.2) is 13.6 Å². The molecule has 0 aliphatic carbocycles. The summed E-state index contributed by atoms with van der Waals surface area (Å²) < 4.78 is 21.6. The van der Waals surface area contributed by atoms with E-state index in [-0.39, 0.29) is 11.8 Å². The van der Waals surface area contributed by atoms with Crippen molar-refractivity contribution in [3.8, 4) is 0 Å². The van der Waals surface area contributed by atoms with Gasteiger partial charge in [-0.05, 0) is 18.9 Å². The zero-order chi connectivity index (χ0) is 12.9. The molecule has 0 amide bonds. The van der Waals surface area contributed by atoms with Crippen molar-refractivity contribution in [2.45, 2.75) is 26.3 Å². The second-order valence-electron chi connectivity index (χ2n) is 4.19. The molecule has 0 spiro atoms. The number of aryl methyl sites for hydroxylation is 1. The summed E-state index contributed by atoms with van der Waals surface area (Å²) in [4.78, 5) is 0. The van der Waals surface area contributed by atoms with Gasteiger partial charge in [0.05, 0.1) is 5.75 Å². The molecule has 1 rings (SSSR count). The molecule has 0 aromatic heterocycles. The van der Waals surface area contributed by atoms with Crippen LogP contribution in [0.3, 0.4) is 0 Å². The van der Waals surface area contributed by atoms with Crippen molar-refractivity contribution in [1.82, 2.24) is 5.32 Å². The van der Waals surface area contributed by atoms with Gasteiger partial charge in [-0.2, -0.15) is 0 Å². The van der Waals surface area contributed by atoms with Crippen molar-refractivity contribution in [3.05, 3.63) is 35.4 Å². The first-order valence-electron chi connectivity index (χ1n) is 5.73. The highest BCUT2D eigenvalue weighted by Crippen LogP contribution is 2.16. The molecular weight excluding hydrogens is 236 g/mol. The molecule has 17 heavy (non-hydrogen) atoms. The summed E-state index contributed by atoms with van der Waals surface area (Å²) in [7, 11) is -3.38. The Kier molecular flexibility index (Phi) is 5.11. The normalized spacial score (nSPS) is 13.6. The SMILES string of the molecule is CCC(NCCS(N)(=O)=O)c1ccc(C)cc1. The summed E-state index contributed by atoms with van der Waals surface area (Å²) in [5.41, 5.74) is 2.39. The van der Waals surface area contributed by atoms with Gasteiger partial charge in [0.1, 0.15) is 0 Å². The Labute approximate surface area is 103 Å². The van der Waals surface area contributed by atoms with Crippen LogP contribution in [0.5, 0.6) is 0 Å². The van der Waals surface area contributed by atoms with E-state index in [0.717, 1.165) is 6.42 Å². The van der Waals surface area contributed by atoms with E-state index in [2.05, 4.69) is 36.5 Å². The molecule has 0 radical (unpaired) electrons. The van der Waals surface area contributed by atoms with Gasteiger partial charge in [0.2, 0.25) is 10.0 Å². The number of nitrogens with one attached hydrogen (secondary N) is 1. The molecule has 0 aliphatic heterocycles. The Hall–Kier alpha value is -0.910. The highest BCUT2D eigenvalue weighted by atomic mass is 32.2. The van der Waals surface area contributed by atoms with Crippen LogP contribution in [0.25, 0.3) is 0 Å². The van der Waals surface area contributed by atoms with Gasteiger partial charge in [0, 0.05) is 12.6 Å². The zero-order valence-corrected chi connectivity index (χ0v) is 11.1. The zero-order valence-electron chi connectivity index (χ0n) is 10.3. The van der Waals surface area contributed by atoms with Crippen LogP contribution in [0, 0.1) is 6.92 Å². The molecule has 0 saturated carbocycles. The fraction of sp³-hybridized carbons (Fsp3) is 0.500. The van der Waals surface area contributed by atoms with Crippen LogP contribution in [0.2, 0.25) is 0 Å². The van der Waals surface area contributed by atoms with E-state index in [0.29, 0.717) is 6.54 Å². The monoisotopic (exact) mass is 256 g/mol. The molecule has 5 heteroatoms. The maximum absolute atomic E-state index is 10.8. The third-order valence-electron chi connectivity index (χ3n) is 2.67. The van der Waals surface area contributed by atoms with Gasteiger partial charge >= 0.3 is 0 Å². The number of benzene rings is 1. The second kappa shape index (κ2) is 6.14. The number of hydrogen-bond acceptors (Lipinski definition) is 3. The quantitative estimate of drug-likeness (QED) is 0.806. The van der Waals surface area contributed by atoms with E-state index >= 15 is 0 Å². The van der Waals surface area contributed by atoms with Crippen LogP contribution in [0.4, 0.5) is 0 Å². The number of sulfonamides is 1. The van der Waals surface area contributed by atoms with Crippen LogP contribution in [0.15, 0.2) is 24.3 Å². The van der Waals surface area contributed by atoms with Gasteiger partial charge in [0.15, 0.2) is 0 Å². The maximum atomic E-state index is 10.8. The summed E-state index contributed by atoms with van der Waals surface area (Å²) in [6.45, 7) is 4.48. The Bertz CT molecular complexity index is 440. The minimum atomic E-state index is -3.38. The van der Waals surface area contributed by atoms with E-state index in [1.54, 1.807) is 0 Å². The van der Waals surface area contributed by atoms with Crippen molar-refractivity contribution in [1.29, 1.82) is 0 Å². The van der Waals surface area contributed by atoms with Gasteiger partial charge in [-0.15, -0.1) is 0 Å². The minimum absolute atomic E-state index is 0.0324. The molecule has 0 bridgehead atoms. The van der Waals surface area contributed by atoms with E-state index in [4.69, 9.17) is 5.14 Å². The molecule has 1 unspecified atom stereocenters. The van der Waals surface area contributed by atoms with Crippen molar-refractivity contribution in [2.24, 2.45) is 5.14 Å². The third kappa shape index (κ3) is 5.30. The lowest BCUT2D eigenvalue weighted by molar-refractivity contribution is 0.531. The molecule has 0 heterocycles. The fourth-order valence-corrected chi connectivity index (χ4v) is 2.07. The topological polar surface area (TPSA) is 72.2 Å². The molecule has 0 aliphatic rings. The standard InChI is InChI=1S/C12H20N2O2S/c1-3-12(14-8-9-17(13,15)16)11-6-4-10(2)5-7-11/h4-7,12,14H,3,8-9H2,1-2H3,(H2,13,15,16). The smallest absolute Gasteiger partial charge is 0.210 e. The van der Waals surface area contributed by atoms with Crippen LogP contribution in [0.1, 0.15) is 30.5 Å². The molecule has 4 nitrogen and oxygen atoms in total. The van der Waals surface area contributed by atoms with Crippen LogP contribution in [-0.4, -0.2) is 20.7 Å². The lowest BCUT2D eigenvalue weighted by Gasteiger charge is -2.17. The summed E-state index contributed by atoms with van der Waals surface area (Å²) in [6, 6.07) is 8.41. The first kappa shape index (κ1) is 14.2. The maximum Gasteiger partial charge on any atom is 0.210 e.